The summed E-state index contributed by atoms with van der Waals surface area (Å²) in [6, 6.07) is 17.7. The summed E-state index contributed by atoms with van der Waals surface area (Å²) in [5, 5.41) is 5.30. The Bertz CT molecular complexity index is 1240. The molecule has 3 aromatic rings. The quantitative estimate of drug-likeness (QED) is 0.547. The van der Waals surface area contributed by atoms with Crippen molar-refractivity contribution in [2.45, 2.75) is 18.7 Å². The van der Waals surface area contributed by atoms with Crippen LogP contribution >= 0.6 is 0 Å². The molecule has 0 aliphatic carbocycles. The first-order valence-corrected chi connectivity index (χ1v) is 11.0. The molecule has 0 spiro atoms. The van der Waals surface area contributed by atoms with Crippen molar-refractivity contribution >= 4 is 33.2 Å². The van der Waals surface area contributed by atoms with Crippen molar-refractivity contribution in [3.05, 3.63) is 89.0 Å². The first kappa shape index (κ1) is 22.0. The minimum absolute atomic E-state index is 0.0310. The smallest absolute Gasteiger partial charge is 0.261 e. The van der Waals surface area contributed by atoms with Gasteiger partial charge in [0.05, 0.1) is 4.90 Å². The molecule has 31 heavy (non-hydrogen) atoms. The van der Waals surface area contributed by atoms with Crippen molar-refractivity contribution in [3.63, 3.8) is 0 Å². The van der Waals surface area contributed by atoms with Crippen molar-refractivity contribution < 1.29 is 18.0 Å². The van der Waals surface area contributed by atoms with E-state index in [4.69, 9.17) is 0 Å². The lowest BCUT2D eigenvalue weighted by molar-refractivity contribution is 0.0960. The maximum absolute atomic E-state index is 12.8. The number of hydrogen-bond acceptors (Lipinski definition) is 4. The topological polar surface area (TPSA) is 104 Å². The average molecular weight is 438 g/mol. The SMILES string of the molecule is CNC(=O)c1cccc(NC(=O)c2cccc(S(=O)(=O)Nc3ccc(C)cc3)c2)c1C. The molecule has 160 valence electrons. The number of anilines is 2. The maximum Gasteiger partial charge on any atom is 0.261 e. The number of nitrogens with one attached hydrogen (secondary N) is 3. The lowest BCUT2D eigenvalue weighted by atomic mass is 10.1. The Morgan fingerprint density at radius 2 is 1.52 bits per heavy atom. The van der Waals surface area contributed by atoms with Crippen LogP contribution in [0.2, 0.25) is 0 Å². The number of carbonyl (C=O) groups excluding carboxylic acids is 2. The van der Waals surface area contributed by atoms with E-state index in [1.165, 1.54) is 31.3 Å². The molecule has 2 amide bonds. The van der Waals surface area contributed by atoms with Gasteiger partial charge in [-0.1, -0.05) is 29.8 Å². The zero-order valence-electron chi connectivity index (χ0n) is 17.4. The monoisotopic (exact) mass is 437 g/mol. The van der Waals surface area contributed by atoms with Crippen LogP contribution in [0, 0.1) is 13.8 Å². The zero-order valence-corrected chi connectivity index (χ0v) is 18.2. The number of benzene rings is 3. The summed E-state index contributed by atoms with van der Waals surface area (Å²) < 4.78 is 28.0. The molecule has 0 saturated heterocycles. The third-order valence-corrected chi connectivity index (χ3v) is 6.14. The third-order valence-electron chi connectivity index (χ3n) is 4.76. The largest absolute Gasteiger partial charge is 0.355 e. The maximum atomic E-state index is 12.8. The highest BCUT2D eigenvalue weighted by Crippen LogP contribution is 2.21. The molecule has 3 aromatic carbocycles. The Balaban J connectivity index is 1.84. The van der Waals surface area contributed by atoms with Crippen LogP contribution < -0.4 is 15.4 Å². The number of aryl methyl sites for hydroxylation is 1. The Kier molecular flexibility index (Phi) is 6.41. The molecule has 3 N–H and O–H groups in total. The summed E-state index contributed by atoms with van der Waals surface area (Å²) >= 11 is 0. The highest BCUT2D eigenvalue weighted by molar-refractivity contribution is 7.92. The van der Waals surface area contributed by atoms with E-state index in [2.05, 4.69) is 15.4 Å². The molecule has 0 heterocycles. The van der Waals surface area contributed by atoms with Gasteiger partial charge in [-0.3, -0.25) is 14.3 Å². The van der Waals surface area contributed by atoms with Gasteiger partial charge in [-0.15, -0.1) is 0 Å². The molecule has 0 aromatic heterocycles. The molecule has 0 radical (unpaired) electrons. The van der Waals surface area contributed by atoms with Crippen LogP contribution in [0.3, 0.4) is 0 Å². The lowest BCUT2D eigenvalue weighted by Crippen LogP contribution is -2.20. The van der Waals surface area contributed by atoms with Gasteiger partial charge in [0.25, 0.3) is 21.8 Å². The molecule has 0 aliphatic rings. The minimum atomic E-state index is -3.87. The van der Waals surface area contributed by atoms with Gasteiger partial charge >= 0.3 is 0 Å². The Labute approximate surface area is 181 Å². The number of hydrogen-bond donors (Lipinski definition) is 3. The van der Waals surface area contributed by atoms with E-state index in [-0.39, 0.29) is 16.4 Å². The molecule has 0 bridgehead atoms. The molecule has 0 aliphatic heterocycles. The first-order chi connectivity index (χ1) is 14.7. The van der Waals surface area contributed by atoms with Crippen LogP contribution in [0.5, 0.6) is 0 Å². The molecule has 0 unspecified atom stereocenters. The van der Waals surface area contributed by atoms with Crippen LogP contribution in [0.4, 0.5) is 11.4 Å². The van der Waals surface area contributed by atoms with Crippen LogP contribution in [0.25, 0.3) is 0 Å². The number of sulfonamides is 1. The van der Waals surface area contributed by atoms with E-state index in [0.717, 1.165) is 5.56 Å². The van der Waals surface area contributed by atoms with E-state index < -0.39 is 15.9 Å². The second-order valence-corrected chi connectivity index (χ2v) is 8.69. The summed E-state index contributed by atoms with van der Waals surface area (Å²) in [6.45, 7) is 3.64. The van der Waals surface area contributed by atoms with E-state index in [9.17, 15) is 18.0 Å². The van der Waals surface area contributed by atoms with Crippen LogP contribution in [0.15, 0.2) is 71.6 Å². The molecule has 7 nitrogen and oxygen atoms in total. The van der Waals surface area contributed by atoms with Gasteiger partial charge in [-0.2, -0.15) is 0 Å². The second-order valence-electron chi connectivity index (χ2n) is 7.01. The summed E-state index contributed by atoms with van der Waals surface area (Å²) in [7, 11) is -2.34. The van der Waals surface area contributed by atoms with Gasteiger partial charge in [0.1, 0.15) is 0 Å². The van der Waals surface area contributed by atoms with Gasteiger partial charge in [0, 0.05) is 29.5 Å². The van der Waals surface area contributed by atoms with E-state index in [0.29, 0.717) is 22.5 Å². The molecule has 0 saturated carbocycles. The van der Waals surface area contributed by atoms with Gasteiger partial charge < -0.3 is 10.6 Å². The van der Waals surface area contributed by atoms with Crippen molar-refractivity contribution in [2.24, 2.45) is 0 Å². The fourth-order valence-electron chi connectivity index (χ4n) is 2.99. The summed E-state index contributed by atoms with van der Waals surface area (Å²) in [4.78, 5) is 24.7. The fraction of sp³-hybridized carbons (Fsp3) is 0.130. The molecular weight excluding hydrogens is 414 g/mol. The highest BCUT2D eigenvalue weighted by atomic mass is 32.2. The summed E-state index contributed by atoms with van der Waals surface area (Å²) in [5.74, 6) is -0.742. The minimum Gasteiger partial charge on any atom is -0.355 e. The van der Waals surface area contributed by atoms with E-state index in [1.807, 2.05) is 6.92 Å². The number of rotatable bonds is 6. The molecule has 0 atom stereocenters. The predicted octanol–water partition coefficient (Wildman–Crippen LogP) is 3.72. The van der Waals surface area contributed by atoms with Crippen LogP contribution in [-0.4, -0.2) is 27.3 Å². The molecule has 0 fully saturated rings. The Morgan fingerprint density at radius 1 is 0.839 bits per heavy atom. The fourth-order valence-corrected chi connectivity index (χ4v) is 4.09. The van der Waals surface area contributed by atoms with Crippen molar-refractivity contribution in [1.82, 2.24) is 5.32 Å². The number of amides is 2. The highest BCUT2D eigenvalue weighted by Gasteiger charge is 2.18. The zero-order chi connectivity index (χ0) is 22.6. The second kappa shape index (κ2) is 9.01. The molecule has 8 heteroatoms. The van der Waals surface area contributed by atoms with Gasteiger partial charge in [-0.25, -0.2) is 8.42 Å². The third kappa shape index (κ3) is 5.10. The van der Waals surface area contributed by atoms with Crippen molar-refractivity contribution in [3.8, 4) is 0 Å². The van der Waals surface area contributed by atoms with Gasteiger partial charge in [0.2, 0.25) is 0 Å². The Morgan fingerprint density at radius 3 is 2.19 bits per heavy atom. The van der Waals surface area contributed by atoms with E-state index >= 15 is 0 Å². The van der Waals surface area contributed by atoms with Gasteiger partial charge in [0.15, 0.2) is 0 Å². The average Bonchev–Trinajstić information content (AvgIpc) is 2.76. The Hall–Kier alpha value is -3.65. The standard InChI is InChI=1S/C23H23N3O4S/c1-15-10-12-18(13-11-15)26-31(29,30)19-7-4-6-17(14-19)22(27)25-21-9-5-8-20(16(21)2)23(28)24-3/h4-14,26H,1-3H3,(H,24,28)(H,25,27). The van der Waals surface area contributed by atoms with Crippen LogP contribution in [-0.2, 0) is 10.0 Å². The van der Waals surface area contributed by atoms with Crippen molar-refractivity contribution in [1.29, 1.82) is 0 Å². The molecular formula is C23H23N3O4S. The number of carbonyl (C=O) groups is 2. The normalized spacial score (nSPS) is 10.9. The summed E-state index contributed by atoms with van der Waals surface area (Å²) in [6.07, 6.45) is 0. The predicted molar refractivity (Wildman–Crippen MR) is 121 cm³/mol. The van der Waals surface area contributed by atoms with Crippen LogP contribution in [0.1, 0.15) is 31.8 Å². The van der Waals surface area contributed by atoms with Crippen molar-refractivity contribution in [2.75, 3.05) is 17.1 Å². The molecule has 3 rings (SSSR count). The summed E-state index contributed by atoms with van der Waals surface area (Å²) in [5.41, 5.74) is 3.15. The van der Waals surface area contributed by atoms with E-state index in [1.54, 1.807) is 49.4 Å². The first-order valence-electron chi connectivity index (χ1n) is 9.54. The lowest BCUT2D eigenvalue weighted by Gasteiger charge is -2.13. The van der Waals surface area contributed by atoms with Gasteiger partial charge in [-0.05, 0) is 61.9 Å².